The van der Waals surface area contributed by atoms with Crippen LogP contribution in [0.25, 0.3) is 0 Å². The normalized spacial score (nSPS) is 13.7. The summed E-state index contributed by atoms with van der Waals surface area (Å²) in [6, 6.07) is 0. The molecule has 0 radical (unpaired) electrons. The Kier molecular flexibility index (Phi) is 14.7. The van der Waals surface area contributed by atoms with Crippen molar-refractivity contribution in [3.63, 3.8) is 0 Å². The van der Waals surface area contributed by atoms with Crippen LogP contribution in [0, 0.1) is 0 Å². The molecular weight excluding hydrogens is 318 g/mol. The second-order valence-corrected chi connectivity index (χ2v) is 7.98. The zero-order chi connectivity index (χ0) is 16.8. The first-order valence-electron chi connectivity index (χ1n) is 6.16. The molecule has 0 saturated heterocycles. The van der Waals surface area contributed by atoms with Crippen molar-refractivity contribution in [2.75, 3.05) is 47.1 Å². The molecule has 21 heavy (non-hydrogen) atoms. The molecule has 1 atom stereocenters. The van der Waals surface area contributed by atoms with Crippen molar-refractivity contribution < 1.29 is 32.0 Å². The van der Waals surface area contributed by atoms with E-state index >= 15 is 0 Å². The molecule has 0 aliphatic carbocycles. The maximum atomic E-state index is 11.5. The molecule has 0 saturated carbocycles. The molecule has 0 rings (SSSR count). The highest BCUT2D eigenvalue weighted by molar-refractivity contribution is 7.54. The maximum absolute atomic E-state index is 11.5. The van der Waals surface area contributed by atoms with Crippen LogP contribution in [-0.2, 0) is 32.0 Å². The Morgan fingerprint density at radius 2 is 1.33 bits per heavy atom. The van der Waals surface area contributed by atoms with E-state index in [1.54, 1.807) is 0 Å². The van der Waals surface area contributed by atoms with Gasteiger partial charge in [-0.3, -0.25) is 13.7 Å². The lowest BCUT2D eigenvalue weighted by atomic mass is 10.8. The van der Waals surface area contributed by atoms with Crippen LogP contribution in [0.4, 0.5) is 0 Å². The van der Waals surface area contributed by atoms with E-state index < -0.39 is 15.2 Å². The zero-order valence-corrected chi connectivity index (χ0v) is 14.9. The van der Waals surface area contributed by atoms with Gasteiger partial charge in [0.15, 0.2) is 6.79 Å². The summed E-state index contributed by atoms with van der Waals surface area (Å²) >= 11 is 0. The smallest absolute Gasteiger partial charge is 0.336 e. The third kappa shape index (κ3) is 12.0. The highest BCUT2D eigenvalue weighted by Gasteiger charge is 2.20. The second kappa shape index (κ2) is 13.4. The van der Waals surface area contributed by atoms with Crippen LogP contribution in [0.1, 0.15) is 6.92 Å². The molecule has 0 aromatic rings. The summed E-state index contributed by atoms with van der Waals surface area (Å²) in [5, 5.41) is 0. The van der Waals surface area contributed by atoms with Gasteiger partial charge in [-0.15, -0.1) is 13.2 Å². The minimum Gasteiger partial charge on any atom is -0.355 e. The molecule has 0 aromatic heterocycles. The lowest BCUT2D eigenvalue weighted by Gasteiger charge is -2.13. The fourth-order valence-electron chi connectivity index (χ4n) is 0.921. The summed E-state index contributed by atoms with van der Waals surface area (Å²) in [7, 11) is -1.72. The summed E-state index contributed by atoms with van der Waals surface area (Å²) < 4.78 is 46.1. The van der Waals surface area contributed by atoms with E-state index in [0.717, 1.165) is 0 Å². The topological polar surface area (TPSA) is 80.3 Å². The van der Waals surface area contributed by atoms with E-state index in [1.165, 1.54) is 33.5 Å². The Morgan fingerprint density at radius 3 is 1.62 bits per heavy atom. The molecule has 0 fully saturated rings. The standard InChI is InChI=1S/C7H15O4P.C5H11O3P/c1-4-6-12(8,9-3)11-7-10-5-2;1-4-5-9(6,7-2)8-3/h4H,1,5-7H2,2-3H3;4H,1,5H2,2-3H3. The first kappa shape index (κ1) is 23.0. The zero-order valence-electron chi connectivity index (χ0n) is 13.1. The van der Waals surface area contributed by atoms with Crippen LogP contribution < -0.4 is 0 Å². The molecule has 0 aliphatic rings. The molecule has 1 unspecified atom stereocenters. The Labute approximate surface area is 127 Å². The highest BCUT2D eigenvalue weighted by atomic mass is 31.2. The Bertz CT molecular complexity index is 363. The number of hydrogen-bond donors (Lipinski definition) is 0. The number of allylic oxidation sites excluding steroid dienone is 2. The molecule has 0 amide bonds. The molecule has 0 N–H and O–H groups in total. The van der Waals surface area contributed by atoms with Gasteiger partial charge in [0, 0.05) is 27.9 Å². The molecule has 126 valence electrons. The van der Waals surface area contributed by atoms with Crippen molar-refractivity contribution >= 4 is 15.2 Å². The van der Waals surface area contributed by atoms with Crippen LogP contribution in [0.3, 0.4) is 0 Å². The molecule has 7 nitrogen and oxygen atoms in total. The molecule has 0 aromatic carbocycles. The van der Waals surface area contributed by atoms with E-state index in [-0.39, 0.29) is 19.1 Å². The first-order valence-corrected chi connectivity index (χ1v) is 9.61. The van der Waals surface area contributed by atoms with E-state index in [9.17, 15) is 9.13 Å². The van der Waals surface area contributed by atoms with Gasteiger partial charge in [-0.2, -0.15) is 0 Å². The lowest BCUT2D eigenvalue weighted by Crippen LogP contribution is -2.01. The van der Waals surface area contributed by atoms with Gasteiger partial charge < -0.3 is 18.3 Å². The SMILES string of the molecule is C=CCP(=O)(OC)OC.C=CCP(=O)(OC)OCOCC. The fourth-order valence-corrected chi connectivity index (χ4v) is 2.60. The van der Waals surface area contributed by atoms with E-state index in [0.29, 0.717) is 6.61 Å². The highest BCUT2D eigenvalue weighted by Crippen LogP contribution is 2.47. The summed E-state index contributed by atoms with van der Waals surface area (Å²) in [4.78, 5) is 0. The molecule has 0 heterocycles. The summed E-state index contributed by atoms with van der Waals surface area (Å²) in [5.74, 6) is 0. The number of rotatable bonds is 11. The molecule has 0 aliphatic heterocycles. The van der Waals surface area contributed by atoms with E-state index in [4.69, 9.17) is 13.8 Å². The van der Waals surface area contributed by atoms with Gasteiger partial charge in [0.1, 0.15) is 0 Å². The third-order valence-corrected chi connectivity index (χ3v) is 5.66. The van der Waals surface area contributed by atoms with Gasteiger partial charge in [0.05, 0.1) is 12.3 Å². The molecule has 0 spiro atoms. The number of ether oxygens (including phenoxy) is 1. The second-order valence-electron chi connectivity index (χ2n) is 3.45. The first-order chi connectivity index (χ1) is 9.86. The number of hydrogen-bond acceptors (Lipinski definition) is 7. The van der Waals surface area contributed by atoms with Gasteiger partial charge >= 0.3 is 15.2 Å². The Hall–Kier alpha value is -0.260. The van der Waals surface area contributed by atoms with E-state index in [1.807, 2.05) is 6.92 Å². The Morgan fingerprint density at radius 1 is 0.905 bits per heavy atom. The van der Waals surface area contributed by atoms with Crippen LogP contribution in [0.2, 0.25) is 0 Å². The lowest BCUT2D eigenvalue weighted by molar-refractivity contribution is 0.0141. The van der Waals surface area contributed by atoms with Gasteiger partial charge in [0.25, 0.3) is 0 Å². The van der Waals surface area contributed by atoms with Gasteiger partial charge in [-0.1, -0.05) is 12.2 Å². The summed E-state index contributed by atoms with van der Waals surface area (Å²) in [5.41, 5.74) is 0. The Balaban J connectivity index is 0. The van der Waals surface area contributed by atoms with Crippen molar-refractivity contribution in [1.29, 1.82) is 0 Å². The van der Waals surface area contributed by atoms with Gasteiger partial charge in [-0.25, -0.2) is 0 Å². The quantitative estimate of drug-likeness (QED) is 0.245. The predicted octanol–water partition coefficient (Wildman–Crippen LogP) is 3.68. The van der Waals surface area contributed by atoms with Crippen molar-refractivity contribution in [1.82, 2.24) is 0 Å². The van der Waals surface area contributed by atoms with Crippen molar-refractivity contribution in [3.05, 3.63) is 25.3 Å². The van der Waals surface area contributed by atoms with Crippen LogP contribution in [0.15, 0.2) is 25.3 Å². The molecular formula is C12H26O7P2. The van der Waals surface area contributed by atoms with Crippen LogP contribution in [-0.4, -0.2) is 47.1 Å². The fraction of sp³-hybridized carbons (Fsp3) is 0.667. The summed E-state index contributed by atoms with van der Waals surface area (Å²) in [6.45, 7) is 9.21. The average molecular weight is 344 g/mol. The van der Waals surface area contributed by atoms with E-state index in [2.05, 4.69) is 22.2 Å². The monoisotopic (exact) mass is 344 g/mol. The summed E-state index contributed by atoms with van der Waals surface area (Å²) in [6.07, 6.45) is 3.47. The van der Waals surface area contributed by atoms with Crippen molar-refractivity contribution in [2.24, 2.45) is 0 Å². The van der Waals surface area contributed by atoms with Crippen molar-refractivity contribution in [3.8, 4) is 0 Å². The minimum absolute atomic E-state index is 0.00451. The largest absolute Gasteiger partial charge is 0.355 e. The van der Waals surface area contributed by atoms with Gasteiger partial charge in [-0.05, 0) is 6.92 Å². The minimum atomic E-state index is -2.97. The predicted molar refractivity (Wildman–Crippen MR) is 83.9 cm³/mol. The van der Waals surface area contributed by atoms with Gasteiger partial charge in [0.2, 0.25) is 0 Å². The molecule has 9 heteroatoms. The van der Waals surface area contributed by atoms with Crippen LogP contribution >= 0.6 is 15.2 Å². The molecule has 0 bridgehead atoms. The van der Waals surface area contributed by atoms with Crippen LogP contribution in [0.5, 0.6) is 0 Å². The average Bonchev–Trinajstić information content (AvgIpc) is 2.48. The maximum Gasteiger partial charge on any atom is 0.336 e. The third-order valence-electron chi connectivity index (χ3n) is 2.08. The van der Waals surface area contributed by atoms with Crippen molar-refractivity contribution in [2.45, 2.75) is 6.92 Å².